The Morgan fingerprint density at radius 3 is 2.30 bits per heavy atom. The summed E-state index contributed by atoms with van der Waals surface area (Å²) in [5.41, 5.74) is 1.69. The average molecular weight is 391 g/mol. The molecule has 0 aliphatic carbocycles. The summed E-state index contributed by atoms with van der Waals surface area (Å²) in [6.07, 6.45) is 1.88. The average Bonchev–Trinajstić information content (AvgIpc) is 2.65. The maximum Gasteiger partial charge on any atom is 0.232 e. The van der Waals surface area contributed by atoms with Gasteiger partial charge >= 0.3 is 0 Å². The van der Waals surface area contributed by atoms with Crippen LogP contribution in [0.15, 0.2) is 60.7 Å². The summed E-state index contributed by atoms with van der Waals surface area (Å²) in [4.78, 5) is 11.9. The van der Waals surface area contributed by atoms with Crippen LogP contribution >= 0.6 is 0 Å². The Hall–Kier alpha value is -2.38. The van der Waals surface area contributed by atoms with Crippen molar-refractivity contribution < 1.29 is 17.9 Å². The van der Waals surface area contributed by atoms with Crippen LogP contribution in [0.3, 0.4) is 0 Å². The minimum Gasteiger partial charge on any atom is -0.375 e. The molecule has 146 valence electrons. The molecular weight excluding hydrogens is 364 g/mol. The van der Waals surface area contributed by atoms with Crippen molar-refractivity contribution in [1.82, 2.24) is 5.32 Å². The number of rotatable bonds is 11. The lowest BCUT2D eigenvalue weighted by atomic mass is 10.2. The number of nitrogens with one attached hydrogen (secondary N) is 1. The first-order chi connectivity index (χ1) is 13.0. The summed E-state index contributed by atoms with van der Waals surface area (Å²) in [6.45, 7) is 1.64. The van der Waals surface area contributed by atoms with E-state index in [2.05, 4.69) is 5.32 Å². The molecule has 0 saturated carbocycles. The van der Waals surface area contributed by atoms with E-state index in [-0.39, 0.29) is 18.9 Å². The molecule has 2 aromatic rings. The summed E-state index contributed by atoms with van der Waals surface area (Å²) < 4.78 is 30.8. The normalized spacial score (nSPS) is 11.1. The van der Waals surface area contributed by atoms with Crippen molar-refractivity contribution in [1.29, 1.82) is 0 Å². The van der Waals surface area contributed by atoms with Crippen LogP contribution in [0.5, 0.6) is 0 Å². The largest absolute Gasteiger partial charge is 0.375 e. The molecule has 2 aromatic carbocycles. The van der Waals surface area contributed by atoms with Crippen molar-refractivity contribution >= 4 is 21.6 Å². The van der Waals surface area contributed by atoms with Gasteiger partial charge in [-0.15, -0.1) is 0 Å². The van der Waals surface area contributed by atoms with Crippen LogP contribution in [0.4, 0.5) is 5.69 Å². The molecule has 0 saturated heterocycles. The van der Waals surface area contributed by atoms with E-state index in [1.807, 2.05) is 36.4 Å². The molecule has 0 heterocycles. The SMILES string of the molecule is CS(=O)(=O)N(CCCC(=O)NCCOCc1ccccc1)c1ccccc1. The number of para-hydroxylation sites is 1. The topological polar surface area (TPSA) is 75.7 Å². The van der Waals surface area contributed by atoms with Gasteiger partial charge in [0.15, 0.2) is 0 Å². The molecule has 0 aromatic heterocycles. The van der Waals surface area contributed by atoms with Crippen LogP contribution < -0.4 is 9.62 Å². The van der Waals surface area contributed by atoms with Crippen molar-refractivity contribution in [2.24, 2.45) is 0 Å². The highest BCUT2D eigenvalue weighted by Gasteiger charge is 2.17. The van der Waals surface area contributed by atoms with Crippen LogP contribution in [0.1, 0.15) is 18.4 Å². The Kier molecular flexibility index (Phi) is 8.29. The summed E-state index contributed by atoms with van der Waals surface area (Å²) >= 11 is 0. The van der Waals surface area contributed by atoms with E-state index >= 15 is 0 Å². The predicted molar refractivity (Wildman–Crippen MR) is 107 cm³/mol. The Labute approximate surface area is 161 Å². The van der Waals surface area contributed by atoms with E-state index in [1.54, 1.807) is 24.3 Å². The van der Waals surface area contributed by atoms with Gasteiger partial charge in [0.05, 0.1) is 25.2 Å². The third-order valence-electron chi connectivity index (χ3n) is 3.89. The van der Waals surface area contributed by atoms with E-state index in [1.165, 1.54) is 10.6 Å². The molecule has 0 aliphatic heterocycles. The third-order valence-corrected chi connectivity index (χ3v) is 5.08. The maximum atomic E-state index is 12.0. The standard InChI is InChI=1S/C20H26N2O4S/c1-27(24,25)22(19-11-6-3-7-12-19)15-8-13-20(23)21-14-16-26-17-18-9-4-2-5-10-18/h2-7,9-12H,8,13-17H2,1H3,(H,21,23). The highest BCUT2D eigenvalue weighted by atomic mass is 32.2. The number of anilines is 1. The van der Waals surface area contributed by atoms with E-state index in [9.17, 15) is 13.2 Å². The fourth-order valence-electron chi connectivity index (χ4n) is 2.58. The summed E-state index contributed by atoms with van der Waals surface area (Å²) in [5, 5.41) is 2.79. The van der Waals surface area contributed by atoms with Gasteiger partial charge in [-0.05, 0) is 24.1 Å². The molecule has 0 radical (unpaired) electrons. The van der Waals surface area contributed by atoms with Crippen LogP contribution in [-0.4, -0.2) is 40.3 Å². The van der Waals surface area contributed by atoms with Crippen molar-refractivity contribution in [3.63, 3.8) is 0 Å². The van der Waals surface area contributed by atoms with Crippen molar-refractivity contribution in [2.45, 2.75) is 19.4 Å². The van der Waals surface area contributed by atoms with Gasteiger partial charge in [-0.1, -0.05) is 48.5 Å². The smallest absolute Gasteiger partial charge is 0.232 e. The number of benzene rings is 2. The van der Waals surface area contributed by atoms with Crippen LogP contribution in [-0.2, 0) is 26.2 Å². The molecular formula is C20H26N2O4S. The zero-order valence-electron chi connectivity index (χ0n) is 15.5. The zero-order valence-corrected chi connectivity index (χ0v) is 16.3. The lowest BCUT2D eigenvalue weighted by Gasteiger charge is -2.22. The predicted octanol–water partition coefficient (Wildman–Crippen LogP) is 2.57. The van der Waals surface area contributed by atoms with Gasteiger partial charge in [-0.2, -0.15) is 0 Å². The number of sulfonamides is 1. The Morgan fingerprint density at radius 1 is 1.04 bits per heavy atom. The molecule has 6 nitrogen and oxygen atoms in total. The van der Waals surface area contributed by atoms with Crippen LogP contribution in [0, 0.1) is 0 Å². The Balaban J connectivity index is 1.65. The molecule has 0 aliphatic rings. The van der Waals surface area contributed by atoms with Gasteiger partial charge in [0.2, 0.25) is 15.9 Å². The summed E-state index contributed by atoms with van der Waals surface area (Å²) in [5.74, 6) is -0.111. The molecule has 27 heavy (non-hydrogen) atoms. The lowest BCUT2D eigenvalue weighted by Crippen LogP contribution is -2.32. The van der Waals surface area contributed by atoms with Gasteiger partial charge in [0.25, 0.3) is 0 Å². The van der Waals surface area contributed by atoms with E-state index in [0.717, 1.165) is 5.56 Å². The van der Waals surface area contributed by atoms with Gasteiger partial charge in [-0.3, -0.25) is 9.10 Å². The number of ether oxygens (including phenoxy) is 1. The minimum absolute atomic E-state index is 0.111. The highest BCUT2D eigenvalue weighted by Crippen LogP contribution is 2.17. The van der Waals surface area contributed by atoms with Crippen molar-refractivity contribution in [2.75, 3.05) is 30.3 Å². The van der Waals surface area contributed by atoms with Gasteiger partial charge < -0.3 is 10.1 Å². The monoisotopic (exact) mass is 390 g/mol. The molecule has 2 rings (SSSR count). The first-order valence-electron chi connectivity index (χ1n) is 8.88. The van der Waals surface area contributed by atoms with Crippen LogP contribution in [0.2, 0.25) is 0 Å². The first kappa shape index (κ1) is 20.9. The van der Waals surface area contributed by atoms with Gasteiger partial charge in [0, 0.05) is 19.5 Å². The molecule has 0 unspecified atom stereocenters. The second-order valence-electron chi connectivity index (χ2n) is 6.16. The fourth-order valence-corrected chi connectivity index (χ4v) is 3.54. The highest BCUT2D eigenvalue weighted by molar-refractivity contribution is 7.92. The minimum atomic E-state index is -3.38. The van der Waals surface area contributed by atoms with Crippen molar-refractivity contribution in [3.8, 4) is 0 Å². The van der Waals surface area contributed by atoms with Crippen molar-refractivity contribution in [3.05, 3.63) is 66.2 Å². The lowest BCUT2D eigenvalue weighted by molar-refractivity contribution is -0.121. The third kappa shape index (κ3) is 7.80. The molecule has 0 atom stereocenters. The first-order valence-corrected chi connectivity index (χ1v) is 10.7. The number of nitrogens with zero attached hydrogens (tertiary/aromatic N) is 1. The number of carbonyl (C=O) groups is 1. The molecule has 1 amide bonds. The number of hydrogen-bond donors (Lipinski definition) is 1. The molecule has 0 fully saturated rings. The number of hydrogen-bond acceptors (Lipinski definition) is 4. The summed E-state index contributed by atoms with van der Waals surface area (Å²) in [6, 6.07) is 18.7. The van der Waals surface area contributed by atoms with E-state index < -0.39 is 10.0 Å². The molecule has 1 N–H and O–H groups in total. The second kappa shape index (κ2) is 10.7. The van der Waals surface area contributed by atoms with E-state index in [4.69, 9.17) is 4.74 Å². The zero-order chi connectivity index (χ0) is 19.5. The molecule has 7 heteroatoms. The quantitative estimate of drug-likeness (QED) is 0.599. The number of amides is 1. The van der Waals surface area contributed by atoms with Gasteiger partial charge in [-0.25, -0.2) is 8.42 Å². The maximum absolute atomic E-state index is 12.0. The fraction of sp³-hybridized carbons (Fsp3) is 0.350. The molecule has 0 spiro atoms. The summed E-state index contributed by atoms with van der Waals surface area (Å²) in [7, 11) is -3.38. The van der Waals surface area contributed by atoms with Gasteiger partial charge in [0.1, 0.15) is 0 Å². The number of carbonyl (C=O) groups excluding carboxylic acids is 1. The molecule has 0 bridgehead atoms. The second-order valence-corrected chi connectivity index (χ2v) is 8.07. The van der Waals surface area contributed by atoms with Crippen LogP contribution in [0.25, 0.3) is 0 Å². The Morgan fingerprint density at radius 2 is 1.67 bits per heavy atom. The van der Waals surface area contributed by atoms with E-state index in [0.29, 0.717) is 31.9 Å². The Bertz CT molecular complexity index is 795.